The molecule has 0 aromatic heterocycles. The molecule has 2 aliphatic carbocycles. The summed E-state index contributed by atoms with van der Waals surface area (Å²) in [5, 5.41) is 14.4. The highest BCUT2D eigenvalue weighted by atomic mass is 16.5. The molecule has 4 rings (SSSR count). The van der Waals surface area contributed by atoms with Gasteiger partial charge in [-0.15, -0.1) is 0 Å². The molecule has 0 heterocycles. The minimum absolute atomic E-state index is 0.0999. The zero-order valence-electron chi connectivity index (χ0n) is 19.3. The van der Waals surface area contributed by atoms with Crippen molar-refractivity contribution in [3.8, 4) is 11.1 Å². The molecule has 3 N–H and O–H groups in total. The molecule has 2 aliphatic rings. The number of rotatable bonds is 10. The number of carboxylic acid groups (broad SMARTS) is 1. The first-order valence-corrected chi connectivity index (χ1v) is 12.1. The number of hydrogen-bond acceptors (Lipinski definition) is 4. The molecule has 0 radical (unpaired) electrons. The second kappa shape index (κ2) is 11.2. The lowest BCUT2D eigenvalue weighted by Crippen LogP contribution is -2.48. The van der Waals surface area contributed by atoms with E-state index < -0.39 is 30.4 Å². The fraction of sp³-hybridized carbons (Fsp3) is 0.444. The molecule has 2 aromatic rings. The van der Waals surface area contributed by atoms with E-state index in [1.807, 2.05) is 48.5 Å². The van der Waals surface area contributed by atoms with Crippen molar-refractivity contribution < 1.29 is 24.2 Å². The van der Waals surface area contributed by atoms with E-state index in [0.29, 0.717) is 6.54 Å². The summed E-state index contributed by atoms with van der Waals surface area (Å²) in [6.45, 7) is 0.570. The molecule has 180 valence electrons. The molecule has 1 atom stereocenters. The molecule has 0 bridgehead atoms. The zero-order valence-corrected chi connectivity index (χ0v) is 19.3. The third kappa shape index (κ3) is 5.76. The molecule has 7 nitrogen and oxygen atoms in total. The molecule has 1 unspecified atom stereocenters. The smallest absolute Gasteiger partial charge is 0.407 e. The van der Waals surface area contributed by atoms with Gasteiger partial charge in [-0.3, -0.25) is 9.59 Å². The molecule has 7 heteroatoms. The number of carbonyl (C=O) groups is 3. The monoisotopic (exact) mass is 464 g/mol. The van der Waals surface area contributed by atoms with Crippen molar-refractivity contribution in [1.82, 2.24) is 10.6 Å². The topological polar surface area (TPSA) is 105 Å². The van der Waals surface area contributed by atoms with Gasteiger partial charge in [0.15, 0.2) is 0 Å². The second-order valence-corrected chi connectivity index (χ2v) is 9.20. The summed E-state index contributed by atoms with van der Waals surface area (Å²) in [6, 6.07) is 14.8. The standard InChI is InChI=1S/C27H32N2O5/c30-25(31)16-24(26(32)28-15-7-10-18-8-1-2-9-18)29-27(33)34-17-23-21-13-5-3-11-19(21)20-12-4-6-14-22(20)23/h3-6,11-14,18,23-24H,1-2,7-10,15-17H2,(H,28,32)(H,29,33)(H,30,31). The summed E-state index contributed by atoms with van der Waals surface area (Å²) in [5.41, 5.74) is 4.40. The average Bonchev–Trinajstić information content (AvgIpc) is 3.46. The number of alkyl carbamates (subject to hydrolysis) is 1. The Balaban J connectivity index is 1.30. The minimum atomic E-state index is -1.18. The van der Waals surface area contributed by atoms with Crippen LogP contribution in [0, 0.1) is 5.92 Å². The maximum atomic E-state index is 12.6. The lowest BCUT2D eigenvalue weighted by Gasteiger charge is -2.19. The summed E-state index contributed by atoms with van der Waals surface area (Å²) in [5.74, 6) is -1.04. The molecule has 0 saturated heterocycles. The van der Waals surface area contributed by atoms with Crippen LogP contribution in [0.2, 0.25) is 0 Å². The van der Waals surface area contributed by atoms with Gasteiger partial charge in [0.05, 0.1) is 6.42 Å². The van der Waals surface area contributed by atoms with Crippen LogP contribution in [0.15, 0.2) is 48.5 Å². The van der Waals surface area contributed by atoms with Crippen LogP contribution in [0.3, 0.4) is 0 Å². The molecule has 1 saturated carbocycles. The van der Waals surface area contributed by atoms with Gasteiger partial charge < -0.3 is 20.5 Å². The number of benzene rings is 2. The van der Waals surface area contributed by atoms with Crippen molar-refractivity contribution in [2.24, 2.45) is 5.92 Å². The van der Waals surface area contributed by atoms with Crippen molar-refractivity contribution in [3.63, 3.8) is 0 Å². The van der Waals surface area contributed by atoms with E-state index in [1.54, 1.807) is 0 Å². The summed E-state index contributed by atoms with van der Waals surface area (Å²) in [7, 11) is 0. The van der Waals surface area contributed by atoms with Crippen molar-refractivity contribution in [2.75, 3.05) is 13.2 Å². The Morgan fingerprint density at radius 1 is 0.971 bits per heavy atom. The first-order valence-electron chi connectivity index (χ1n) is 12.1. The van der Waals surface area contributed by atoms with E-state index in [2.05, 4.69) is 10.6 Å². The van der Waals surface area contributed by atoms with Crippen LogP contribution in [0.25, 0.3) is 11.1 Å². The van der Waals surface area contributed by atoms with E-state index in [-0.39, 0.29) is 12.5 Å². The third-order valence-electron chi connectivity index (χ3n) is 6.89. The van der Waals surface area contributed by atoms with Gasteiger partial charge in [-0.2, -0.15) is 0 Å². The zero-order chi connectivity index (χ0) is 23.9. The fourth-order valence-electron chi connectivity index (χ4n) is 5.19. The molecule has 1 fully saturated rings. The van der Waals surface area contributed by atoms with Crippen LogP contribution in [-0.2, 0) is 14.3 Å². The van der Waals surface area contributed by atoms with E-state index in [4.69, 9.17) is 4.74 Å². The summed E-state index contributed by atoms with van der Waals surface area (Å²) >= 11 is 0. The number of nitrogens with one attached hydrogen (secondary N) is 2. The number of ether oxygens (including phenoxy) is 1. The maximum absolute atomic E-state index is 12.6. The van der Waals surface area contributed by atoms with E-state index in [0.717, 1.165) is 41.0 Å². The van der Waals surface area contributed by atoms with E-state index in [9.17, 15) is 19.5 Å². The van der Waals surface area contributed by atoms with Crippen molar-refractivity contribution in [1.29, 1.82) is 0 Å². The molecule has 0 spiro atoms. The molecule has 2 aromatic carbocycles. The van der Waals surface area contributed by atoms with Gasteiger partial charge >= 0.3 is 12.1 Å². The van der Waals surface area contributed by atoms with Crippen LogP contribution >= 0.6 is 0 Å². The number of amides is 2. The SMILES string of the molecule is O=C(O)CC(NC(=O)OCC1c2ccccc2-c2ccccc21)C(=O)NCCCC1CCCC1. The van der Waals surface area contributed by atoms with Crippen LogP contribution in [0.5, 0.6) is 0 Å². The first kappa shape index (κ1) is 23.8. The van der Waals surface area contributed by atoms with Gasteiger partial charge in [0.25, 0.3) is 0 Å². The lowest BCUT2D eigenvalue weighted by molar-refractivity contribution is -0.139. The predicted molar refractivity (Wildman–Crippen MR) is 128 cm³/mol. The number of aliphatic carboxylic acids is 1. The van der Waals surface area contributed by atoms with Crippen molar-refractivity contribution >= 4 is 18.0 Å². The molecular weight excluding hydrogens is 432 g/mol. The molecule has 2 amide bonds. The highest BCUT2D eigenvalue weighted by Gasteiger charge is 2.30. The number of hydrogen-bond donors (Lipinski definition) is 3. The maximum Gasteiger partial charge on any atom is 0.407 e. The Hall–Kier alpha value is -3.35. The van der Waals surface area contributed by atoms with Gasteiger partial charge in [0.2, 0.25) is 5.91 Å². The molecular formula is C27H32N2O5. The Bertz CT molecular complexity index is 986. The summed E-state index contributed by atoms with van der Waals surface area (Å²) in [4.78, 5) is 36.3. The first-order chi connectivity index (χ1) is 16.5. The van der Waals surface area contributed by atoms with E-state index >= 15 is 0 Å². The van der Waals surface area contributed by atoms with Gasteiger partial charge in [-0.25, -0.2) is 4.79 Å². The number of carboxylic acids is 1. The average molecular weight is 465 g/mol. The van der Waals surface area contributed by atoms with Gasteiger partial charge in [0, 0.05) is 12.5 Å². The number of carbonyl (C=O) groups excluding carboxylic acids is 2. The Labute approximate surface area is 199 Å². The molecule has 34 heavy (non-hydrogen) atoms. The normalized spacial score (nSPS) is 15.9. The Morgan fingerprint density at radius 3 is 2.21 bits per heavy atom. The van der Waals surface area contributed by atoms with Gasteiger partial charge in [0.1, 0.15) is 12.6 Å². The highest BCUT2D eigenvalue weighted by molar-refractivity contribution is 5.89. The van der Waals surface area contributed by atoms with Gasteiger partial charge in [-0.1, -0.05) is 74.2 Å². The lowest BCUT2D eigenvalue weighted by atomic mass is 9.98. The molecule has 0 aliphatic heterocycles. The second-order valence-electron chi connectivity index (χ2n) is 9.20. The summed E-state index contributed by atoms with van der Waals surface area (Å²) in [6.07, 6.45) is 5.67. The highest BCUT2D eigenvalue weighted by Crippen LogP contribution is 2.44. The van der Waals surface area contributed by atoms with E-state index in [1.165, 1.54) is 25.7 Å². The van der Waals surface area contributed by atoms with Crippen LogP contribution < -0.4 is 10.6 Å². The number of fused-ring (bicyclic) bond motifs is 3. The largest absolute Gasteiger partial charge is 0.481 e. The van der Waals surface area contributed by atoms with Crippen molar-refractivity contribution in [2.45, 2.75) is 56.9 Å². The van der Waals surface area contributed by atoms with Crippen LogP contribution in [0.4, 0.5) is 4.79 Å². The Kier molecular flexibility index (Phi) is 7.83. The fourth-order valence-corrected chi connectivity index (χ4v) is 5.19. The van der Waals surface area contributed by atoms with Gasteiger partial charge in [-0.05, 0) is 41.0 Å². The predicted octanol–water partition coefficient (Wildman–Crippen LogP) is 4.46. The third-order valence-corrected chi connectivity index (χ3v) is 6.89. The quantitative estimate of drug-likeness (QED) is 0.451. The Morgan fingerprint density at radius 2 is 1.59 bits per heavy atom. The minimum Gasteiger partial charge on any atom is -0.481 e. The van der Waals surface area contributed by atoms with Crippen LogP contribution in [-0.4, -0.2) is 42.3 Å². The summed E-state index contributed by atoms with van der Waals surface area (Å²) < 4.78 is 5.47. The van der Waals surface area contributed by atoms with Crippen molar-refractivity contribution in [3.05, 3.63) is 59.7 Å². The van der Waals surface area contributed by atoms with Crippen LogP contribution in [0.1, 0.15) is 62.0 Å².